The summed E-state index contributed by atoms with van der Waals surface area (Å²) in [7, 11) is 0. The fourth-order valence-corrected chi connectivity index (χ4v) is 10.6. The van der Waals surface area contributed by atoms with E-state index >= 15 is 0 Å². The third-order valence-electron chi connectivity index (χ3n) is 12.2. The number of amides is 4. The Morgan fingerprint density at radius 3 is 2.41 bits per heavy atom. The highest BCUT2D eigenvalue weighted by atomic mass is 35.5. The summed E-state index contributed by atoms with van der Waals surface area (Å²) in [6.45, 7) is 13.8. The van der Waals surface area contributed by atoms with Gasteiger partial charge in [-0.1, -0.05) is 74.0 Å². The monoisotopic (exact) mass is 994 g/mol. The largest absolute Gasteiger partial charge is 0.391 e. The minimum Gasteiger partial charge on any atom is -0.391 e. The quantitative estimate of drug-likeness (QED) is 0.0967. The van der Waals surface area contributed by atoms with Gasteiger partial charge in [-0.3, -0.25) is 33.4 Å². The van der Waals surface area contributed by atoms with Crippen LogP contribution in [0.25, 0.3) is 15.4 Å². The zero-order valence-electron chi connectivity index (χ0n) is 39.4. The first-order valence-electron chi connectivity index (χ1n) is 22.6. The summed E-state index contributed by atoms with van der Waals surface area (Å²) in [5.41, 5.74) is 8.12. The van der Waals surface area contributed by atoms with Gasteiger partial charge in [0, 0.05) is 47.1 Å². The van der Waals surface area contributed by atoms with Crippen LogP contribution in [-0.2, 0) is 43.6 Å². The molecule has 6 heterocycles. The number of carbonyl (C=O) groups excluding carboxylic acids is 4. The molecule has 6 aromatic rings. The van der Waals surface area contributed by atoms with Gasteiger partial charge in [0.05, 0.1) is 53.7 Å². The zero-order valence-corrected chi connectivity index (χ0v) is 41.8. The van der Waals surface area contributed by atoms with E-state index in [9.17, 15) is 24.3 Å². The number of aliphatic imine (C=N–C) groups is 1. The molecule has 0 bridgehead atoms. The normalized spacial score (nSPS) is 17.1. The molecule has 0 saturated carbocycles. The molecule has 18 nitrogen and oxygen atoms in total. The minimum absolute atomic E-state index is 0.0309. The minimum atomic E-state index is -1.02. The molecule has 1 fully saturated rings. The molecule has 0 radical (unpaired) electrons. The lowest BCUT2D eigenvalue weighted by Gasteiger charge is -2.35. The number of aryl methyl sites for hydroxylation is 3. The first-order valence-corrected chi connectivity index (χ1v) is 24.7. The Labute approximate surface area is 412 Å². The number of aliphatic hydroxyl groups is 1. The molecular weight excluding hydrogens is 940 g/mol. The molecule has 0 spiro atoms. The van der Waals surface area contributed by atoms with Gasteiger partial charge < -0.3 is 30.7 Å². The average molecular weight is 996 g/mol. The standard InChI is InChI=1S/C48H55ClN12O6S2/c1-26-28(3)69-47-40(26)41(31-12-14-33(49)15-13-31)53-36(44-57-55-29(4)61(44)47)19-38(63)50-16-17-59-21-34(56-58-59)23-67-24-39(64)54-43(48(5,6)7)46(66)60-22-35(62)18-37(60)45(65)51-20-30-8-10-32(11-9-30)42-27(2)52-25-68-42/h8-15,21,25,35-37,43,62H,16-20,22-24H2,1-7H3,(H,50,63)(H,51,65)(H,54,64)/t35-,36+,37+,43-/m1/s1. The Hall–Kier alpha value is -6.19. The highest BCUT2D eigenvalue weighted by molar-refractivity contribution is 7.15. The number of nitrogens with one attached hydrogen (secondary N) is 3. The Bertz CT molecular complexity index is 2880. The van der Waals surface area contributed by atoms with E-state index < -0.39 is 47.4 Å². The first kappa shape index (κ1) is 49.2. The third kappa shape index (κ3) is 11.2. The molecule has 69 heavy (non-hydrogen) atoms. The van der Waals surface area contributed by atoms with Crippen molar-refractivity contribution in [1.82, 2.24) is 55.6 Å². The summed E-state index contributed by atoms with van der Waals surface area (Å²) in [5, 5.41) is 38.0. The maximum absolute atomic E-state index is 14.1. The number of fused-ring (bicyclic) bond motifs is 3. The van der Waals surface area contributed by atoms with Crippen LogP contribution in [0.4, 0.5) is 0 Å². The Morgan fingerprint density at radius 2 is 1.70 bits per heavy atom. The molecule has 2 aromatic carbocycles. The maximum atomic E-state index is 14.1. The number of likely N-dealkylation sites (tertiary alicyclic amines) is 1. The van der Waals surface area contributed by atoms with E-state index in [1.807, 2.05) is 87.7 Å². The van der Waals surface area contributed by atoms with Crippen LogP contribution in [-0.4, -0.2) is 112 Å². The van der Waals surface area contributed by atoms with E-state index in [-0.39, 0.29) is 51.6 Å². The lowest BCUT2D eigenvalue weighted by atomic mass is 9.85. The van der Waals surface area contributed by atoms with Gasteiger partial charge in [0.25, 0.3) is 0 Å². The number of thiophene rings is 1. The van der Waals surface area contributed by atoms with Crippen molar-refractivity contribution in [2.75, 3.05) is 19.7 Å². The molecule has 362 valence electrons. The van der Waals surface area contributed by atoms with E-state index in [0.29, 0.717) is 28.9 Å². The van der Waals surface area contributed by atoms with Gasteiger partial charge in [-0.25, -0.2) is 4.98 Å². The summed E-state index contributed by atoms with van der Waals surface area (Å²) in [4.78, 5) is 67.4. The second-order valence-electron chi connectivity index (χ2n) is 18.4. The number of ether oxygens (including phenoxy) is 1. The summed E-state index contributed by atoms with van der Waals surface area (Å²) in [5.74, 6) is -0.347. The number of thiazole rings is 1. The average Bonchev–Trinajstić information content (AvgIpc) is 4.15. The molecule has 0 aliphatic carbocycles. The molecule has 4 amide bonds. The summed E-state index contributed by atoms with van der Waals surface area (Å²) in [6.07, 6.45) is 0.870. The van der Waals surface area contributed by atoms with Gasteiger partial charge in [-0.05, 0) is 61.9 Å². The van der Waals surface area contributed by atoms with E-state index in [1.165, 1.54) is 4.90 Å². The van der Waals surface area contributed by atoms with Crippen molar-refractivity contribution in [3.05, 3.63) is 115 Å². The second kappa shape index (κ2) is 20.8. The zero-order chi connectivity index (χ0) is 49.1. The maximum Gasteiger partial charge on any atom is 0.246 e. The van der Waals surface area contributed by atoms with Gasteiger partial charge in [-0.15, -0.1) is 38.0 Å². The predicted molar refractivity (Wildman–Crippen MR) is 262 cm³/mol. The van der Waals surface area contributed by atoms with Crippen molar-refractivity contribution in [2.24, 2.45) is 10.4 Å². The van der Waals surface area contributed by atoms with Gasteiger partial charge in [0.1, 0.15) is 41.3 Å². The Balaban J connectivity index is 0.815. The van der Waals surface area contributed by atoms with E-state index in [1.54, 1.807) is 39.1 Å². The van der Waals surface area contributed by atoms with Gasteiger partial charge in [-0.2, -0.15) is 0 Å². The van der Waals surface area contributed by atoms with Crippen molar-refractivity contribution in [2.45, 2.75) is 105 Å². The number of β-amino-alcohol motifs (C(OH)–C–C–N with tert-alkyl or cyclic N) is 1. The number of aromatic nitrogens is 7. The molecule has 4 atom stereocenters. The van der Waals surface area contributed by atoms with E-state index in [2.05, 4.69) is 55.3 Å². The van der Waals surface area contributed by atoms with Gasteiger partial charge in [0.2, 0.25) is 23.6 Å². The number of hydrogen-bond acceptors (Lipinski definition) is 14. The molecule has 2 aliphatic rings. The van der Waals surface area contributed by atoms with Crippen molar-refractivity contribution >= 4 is 63.6 Å². The molecule has 21 heteroatoms. The number of nitrogens with zero attached hydrogens (tertiary/aromatic N) is 9. The lowest BCUT2D eigenvalue weighted by Crippen LogP contribution is -2.58. The molecule has 2 aliphatic heterocycles. The number of hydrogen-bond donors (Lipinski definition) is 4. The predicted octanol–water partition coefficient (Wildman–Crippen LogP) is 5.36. The number of halogens is 1. The van der Waals surface area contributed by atoms with Crippen LogP contribution in [0, 0.1) is 33.1 Å². The Kier molecular flexibility index (Phi) is 14.8. The molecular formula is C48H55ClN12O6S2. The highest BCUT2D eigenvalue weighted by Crippen LogP contribution is 2.40. The fourth-order valence-electron chi connectivity index (χ4n) is 8.44. The van der Waals surface area contributed by atoms with Crippen molar-refractivity contribution < 1.29 is 29.0 Å². The third-order valence-corrected chi connectivity index (χ3v) is 14.6. The summed E-state index contributed by atoms with van der Waals surface area (Å²) < 4.78 is 9.25. The molecule has 4 aromatic heterocycles. The summed E-state index contributed by atoms with van der Waals surface area (Å²) in [6, 6.07) is 12.8. The fraction of sp³-hybridized carbons (Fsp3) is 0.417. The van der Waals surface area contributed by atoms with Crippen LogP contribution in [0.2, 0.25) is 5.02 Å². The lowest BCUT2D eigenvalue weighted by molar-refractivity contribution is -0.144. The SMILES string of the molecule is Cc1ncsc1-c1ccc(CNC(=O)[C@@H]2C[C@@H](O)CN2C(=O)[C@@H](NC(=O)COCc2cn(CCNC(=O)C[C@@H]3N=C(c4ccc(Cl)cc4)c4c(sc(C)c4C)-n4c(C)nnc43)nn2)C(C)(C)C)cc1. The Morgan fingerprint density at radius 1 is 0.957 bits per heavy atom. The number of rotatable bonds is 16. The van der Waals surface area contributed by atoms with E-state index in [4.69, 9.17) is 21.3 Å². The van der Waals surface area contributed by atoms with Crippen LogP contribution in [0.5, 0.6) is 0 Å². The number of carbonyl (C=O) groups is 4. The molecule has 8 rings (SSSR count). The summed E-state index contributed by atoms with van der Waals surface area (Å²) >= 11 is 9.45. The second-order valence-corrected chi connectivity index (χ2v) is 20.9. The van der Waals surface area contributed by atoms with Crippen LogP contribution in [0.3, 0.4) is 0 Å². The van der Waals surface area contributed by atoms with Crippen LogP contribution < -0.4 is 16.0 Å². The number of aliphatic hydroxyl groups excluding tert-OH is 1. The molecule has 4 N–H and O–H groups in total. The highest BCUT2D eigenvalue weighted by Gasteiger charge is 2.44. The van der Waals surface area contributed by atoms with Crippen molar-refractivity contribution in [3.63, 3.8) is 0 Å². The van der Waals surface area contributed by atoms with Gasteiger partial charge >= 0.3 is 0 Å². The topological polar surface area (TPSA) is 224 Å². The van der Waals surface area contributed by atoms with Gasteiger partial charge in [0.15, 0.2) is 5.82 Å². The number of benzene rings is 2. The van der Waals surface area contributed by atoms with Crippen LogP contribution >= 0.6 is 34.3 Å². The molecule has 0 unspecified atom stereocenters. The van der Waals surface area contributed by atoms with E-state index in [0.717, 1.165) is 54.0 Å². The van der Waals surface area contributed by atoms with Crippen LogP contribution in [0.15, 0.2) is 65.2 Å². The molecule has 1 saturated heterocycles. The van der Waals surface area contributed by atoms with Crippen LogP contribution in [0.1, 0.15) is 89.8 Å². The van der Waals surface area contributed by atoms with Crippen molar-refractivity contribution in [1.29, 1.82) is 0 Å². The first-order chi connectivity index (χ1) is 32.9. The smallest absolute Gasteiger partial charge is 0.246 e. The van der Waals surface area contributed by atoms with Crippen molar-refractivity contribution in [3.8, 4) is 15.4 Å².